The molecule has 1 atom stereocenters. The molecular weight excluding hydrogens is 483 g/mol. The third-order valence-electron chi connectivity index (χ3n) is 5.64. The highest BCUT2D eigenvalue weighted by atomic mass is 35.5. The van der Waals surface area contributed by atoms with Crippen LogP contribution < -0.4 is 10.1 Å². The Hall–Kier alpha value is -3.02. The summed E-state index contributed by atoms with van der Waals surface area (Å²) in [6.07, 6.45) is 0.364. The van der Waals surface area contributed by atoms with Gasteiger partial charge in [-0.15, -0.1) is 0 Å². The molecule has 0 aliphatic heterocycles. The molecule has 3 aromatic rings. The first-order valence-electron chi connectivity index (χ1n) is 11.5. The summed E-state index contributed by atoms with van der Waals surface area (Å²) >= 11 is 12.3. The maximum Gasteiger partial charge on any atom is 0.261 e. The standard InChI is InChI=1S/C28H30Cl2N2O3/c1-4-31-28(34)25(16-21-8-6-5-7-9-21)32(17-22-11-12-23(29)24(30)15-22)27(33)18-35-26-13-10-19(2)14-20(26)3/h5-15,25H,4,16-18H2,1-3H3,(H,31,34). The molecule has 0 saturated heterocycles. The summed E-state index contributed by atoms with van der Waals surface area (Å²) in [6, 6.07) is 19.9. The van der Waals surface area contributed by atoms with Crippen LogP contribution in [0, 0.1) is 13.8 Å². The van der Waals surface area contributed by atoms with E-state index in [2.05, 4.69) is 5.32 Å². The van der Waals surface area contributed by atoms with E-state index >= 15 is 0 Å². The van der Waals surface area contributed by atoms with Gasteiger partial charge >= 0.3 is 0 Å². The lowest BCUT2D eigenvalue weighted by atomic mass is 10.0. The number of ether oxygens (including phenoxy) is 1. The summed E-state index contributed by atoms with van der Waals surface area (Å²) in [4.78, 5) is 28.3. The molecule has 1 N–H and O–H groups in total. The van der Waals surface area contributed by atoms with Crippen LogP contribution in [-0.2, 0) is 22.6 Å². The van der Waals surface area contributed by atoms with Crippen molar-refractivity contribution in [3.8, 4) is 5.75 Å². The third-order valence-corrected chi connectivity index (χ3v) is 6.38. The first-order valence-corrected chi connectivity index (χ1v) is 12.3. The fraction of sp³-hybridized carbons (Fsp3) is 0.286. The van der Waals surface area contributed by atoms with E-state index in [1.54, 1.807) is 23.1 Å². The van der Waals surface area contributed by atoms with Crippen molar-refractivity contribution in [2.45, 2.75) is 39.8 Å². The van der Waals surface area contributed by atoms with Crippen molar-refractivity contribution in [1.82, 2.24) is 10.2 Å². The van der Waals surface area contributed by atoms with E-state index in [-0.39, 0.29) is 25.0 Å². The van der Waals surface area contributed by atoms with Crippen molar-refractivity contribution < 1.29 is 14.3 Å². The number of nitrogens with zero attached hydrogens (tertiary/aromatic N) is 1. The van der Waals surface area contributed by atoms with Crippen LogP contribution in [0.15, 0.2) is 66.7 Å². The van der Waals surface area contributed by atoms with Gasteiger partial charge in [-0.05, 0) is 55.7 Å². The van der Waals surface area contributed by atoms with Gasteiger partial charge in [0.1, 0.15) is 11.8 Å². The summed E-state index contributed by atoms with van der Waals surface area (Å²) in [6.45, 7) is 6.23. The van der Waals surface area contributed by atoms with E-state index in [9.17, 15) is 9.59 Å². The lowest BCUT2D eigenvalue weighted by Crippen LogP contribution is -2.51. The van der Waals surface area contributed by atoms with Crippen LogP contribution in [0.25, 0.3) is 0 Å². The molecule has 0 radical (unpaired) electrons. The van der Waals surface area contributed by atoms with Gasteiger partial charge in [0, 0.05) is 19.5 Å². The van der Waals surface area contributed by atoms with Crippen molar-refractivity contribution in [2.24, 2.45) is 0 Å². The van der Waals surface area contributed by atoms with Crippen LogP contribution in [-0.4, -0.2) is 35.9 Å². The van der Waals surface area contributed by atoms with E-state index in [0.717, 1.165) is 22.3 Å². The predicted molar refractivity (Wildman–Crippen MR) is 141 cm³/mol. The van der Waals surface area contributed by atoms with Crippen molar-refractivity contribution in [3.63, 3.8) is 0 Å². The summed E-state index contributed by atoms with van der Waals surface area (Å²) in [5.41, 5.74) is 3.77. The topological polar surface area (TPSA) is 58.6 Å². The van der Waals surface area contributed by atoms with Gasteiger partial charge in [0.05, 0.1) is 10.0 Å². The molecule has 3 aromatic carbocycles. The van der Waals surface area contributed by atoms with Crippen molar-refractivity contribution in [1.29, 1.82) is 0 Å². The van der Waals surface area contributed by atoms with E-state index < -0.39 is 6.04 Å². The summed E-state index contributed by atoms with van der Waals surface area (Å²) in [5.74, 6) is 0.107. The molecule has 0 spiro atoms. The minimum atomic E-state index is -0.734. The van der Waals surface area contributed by atoms with Crippen LogP contribution in [0.3, 0.4) is 0 Å². The molecule has 1 unspecified atom stereocenters. The molecular formula is C28H30Cl2N2O3. The highest BCUT2D eigenvalue weighted by Crippen LogP contribution is 2.25. The fourth-order valence-electron chi connectivity index (χ4n) is 3.86. The number of nitrogens with one attached hydrogen (secondary N) is 1. The Morgan fingerprint density at radius 1 is 0.943 bits per heavy atom. The molecule has 0 heterocycles. The lowest BCUT2D eigenvalue weighted by molar-refractivity contribution is -0.142. The Labute approximate surface area is 217 Å². The Morgan fingerprint density at radius 3 is 2.34 bits per heavy atom. The van der Waals surface area contributed by atoms with E-state index in [1.165, 1.54) is 0 Å². The summed E-state index contributed by atoms with van der Waals surface area (Å²) in [5, 5.41) is 3.69. The average Bonchev–Trinajstić information content (AvgIpc) is 2.83. The first-order chi connectivity index (χ1) is 16.8. The predicted octanol–water partition coefficient (Wildman–Crippen LogP) is 5.77. The van der Waals surface area contributed by atoms with Gasteiger partial charge in [0.25, 0.3) is 5.91 Å². The van der Waals surface area contributed by atoms with E-state index in [0.29, 0.717) is 28.8 Å². The minimum Gasteiger partial charge on any atom is -0.483 e. The molecule has 0 bridgehead atoms. The van der Waals surface area contributed by atoms with Crippen molar-refractivity contribution in [3.05, 3.63) is 99.0 Å². The van der Waals surface area contributed by atoms with Gasteiger partial charge in [-0.25, -0.2) is 0 Å². The van der Waals surface area contributed by atoms with Gasteiger partial charge in [0.2, 0.25) is 5.91 Å². The Kier molecular flexibility index (Phi) is 9.58. The monoisotopic (exact) mass is 512 g/mol. The SMILES string of the molecule is CCNC(=O)C(Cc1ccccc1)N(Cc1ccc(Cl)c(Cl)c1)C(=O)COc1ccc(C)cc1C. The molecule has 7 heteroatoms. The number of aryl methyl sites for hydroxylation is 2. The average molecular weight is 513 g/mol. The zero-order chi connectivity index (χ0) is 25.4. The number of hydrogen-bond donors (Lipinski definition) is 1. The number of likely N-dealkylation sites (N-methyl/N-ethyl adjacent to an activating group) is 1. The number of halogens is 2. The van der Waals surface area contributed by atoms with Crippen molar-refractivity contribution >= 4 is 35.0 Å². The number of carbonyl (C=O) groups excluding carboxylic acids is 2. The van der Waals surface area contributed by atoms with E-state index in [1.807, 2.05) is 69.3 Å². The lowest BCUT2D eigenvalue weighted by Gasteiger charge is -2.31. The zero-order valence-corrected chi connectivity index (χ0v) is 21.7. The fourth-order valence-corrected chi connectivity index (χ4v) is 4.19. The quantitative estimate of drug-likeness (QED) is 0.375. The highest BCUT2D eigenvalue weighted by molar-refractivity contribution is 6.42. The van der Waals surface area contributed by atoms with Gasteiger partial charge in [-0.3, -0.25) is 9.59 Å². The smallest absolute Gasteiger partial charge is 0.261 e. The van der Waals surface area contributed by atoms with Crippen LogP contribution in [0.4, 0.5) is 0 Å². The molecule has 0 aromatic heterocycles. The van der Waals surface area contributed by atoms with Gasteiger partial charge in [-0.1, -0.05) is 77.3 Å². The molecule has 35 heavy (non-hydrogen) atoms. The van der Waals surface area contributed by atoms with E-state index in [4.69, 9.17) is 27.9 Å². The molecule has 0 fully saturated rings. The maximum absolute atomic E-state index is 13.6. The second-order valence-corrected chi connectivity index (χ2v) is 9.24. The van der Waals surface area contributed by atoms with Gasteiger partial charge in [-0.2, -0.15) is 0 Å². The third kappa shape index (κ3) is 7.48. The first kappa shape index (κ1) is 26.6. The number of benzene rings is 3. The number of amides is 2. The number of carbonyl (C=O) groups is 2. The second kappa shape index (κ2) is 12.6. The van der Waals surface area contributed by atoms with Crippen LogP contribution in [0.1, 0.15) is 29.2 Å². The van der Waals surface area contributed by atoms with Crippen LogP contribution in [0.2, 0.25) is 10.0 Å². The Balaban J connectivity index is 1.92. The summed E-state index contributed by atoms with van der Waals surface area (Å²) in [7, 11) is 0. The second-order valence-electron chi connectivity index (χ2n) is 8.43. The maximum atomic E-state index is 13.6. The Bertz CT molecular complexity index is 1170. The van der Waals surface area contributed by atoms with Gasteiger partial charge < -0.3 is 15.0 Å². The highest BCUT2D eigenvalue weighted by Gasteiger charge is 2.30. The molecule has 184 valence electrons. The van der Waals surface area contributed by atoms with Crippen LogP contribution in [0.5, 0.6) is 5.75 Å². The Morgan fingerprint density at radius 2 is 1.69 bits per heavy atom. The zero-order valence-electron chi connectivity index (χ0n) is 20.2. The number of rotatable bonds is 10. The largest absolute Gasteiger partial charge is 0.483 e. The molecule has 2 amide bonds. The van der Waals surface area contributed by atoms with Gasteiger partial charge in [0.15, 0.2) is 6.61 Å². The molecule has 0 aliphatic rings. The molecule has 3 rings (SSSR count). The molecule has 0 saturated carbocycles. The minimum absolute atomic E-state index is 0.181. The molecule has 5 nitrogen and oxygen atoms in total. The van der Waals surface area contributed by atoms with Crippen LogP contribution >= 0.6 is 23.2 Å². The normalized spacial score (nSPS) is 11.6. The number of hydrogen-bond acceptors (Lipinski definition) is 3. The molecule has 0 aliphatic carbocycles. The van der Waals surface area contributed by atoms with Crippen molar-refractivity contribution in [2.75, 3.05) is 13.2 Å². The summed E-state index contributed by atoms with van der Waals surface area (Å²) < 4.78 is 5.89.